The minimum Gasteiger partial charge on any atom is -0.489 e. The van der Waals surface area contributed by atoms with Gasteiger partial charge in [0.25, 0.3) is 6.43 Å². The molecule has 2 rings (SSSR count). The number of nitrogens with zero attached hydrogens (tertiary/aromatic N) is 3. The number of halogens is 3. The molecule has 130 valence electrons. The molecule has 2 aromatic rings. The number of alkyl halides is 2. The maximum absolute atomic E-state index is 13.0. The highest BCUT2D eigenvalue weighted by atomic mass is 19.3. The van der Waals surface area contributed by atoms with E-state index < -0.39 is 6.43 Å². The van der Waals surface area contributed by atoms with Crippen molar-refractivity contribution in [1.29, 1.82) is 0 Å². The molecular weight excluding hydrogens is 321 g/mol. The molecule has 1 heterocycles. The number of hydrogen-bond donors (Lipinski definition) is 1. The van der Waals surface area contributed by atoms with Gasteiger partial charge in [-0.15, -0.1) is 0 Å². The molecule has 0 saturated heterocycles. The van der Waals surface area contributed by atoms with Crippen molar-refractivity contribution in [3.05, 3.63) is 42.0 Å². The van der Waals surface area contributed by atoms with Crippen LogP contribution in [0.5, 0.6) is 5.75 Å². The molecule has 0 fully saturated rings. The van der Waals surface area contributed by atoms with Gasteiger partial charge < -0.3 is 10.5 Å². The molecule has 0 aliphatic carbocycles. The fourth-order valence-corrected chi connectivity index (χ4v) is 2.00. The van der Waals surface area contributed by atoms with E-state index in [1.54, 1.807) is 38.1 Å². The second kappa shape index (κ2) is 7.96. The summed E-state index contributed by atoms with van der Waals surface area (Å²) >= 11 is 0. The second-order valence-corrected chi connectivity index (χ2v) is 5.42. The average Bonchev–Trinajstić information content (AvgIpc) is 3.02. The van der Waals surface area contributed by atoms with E-state index in [0.29, 0.717) is 23.2 Å². The fourth-order valence-electron chi connectivity index (χ4n) is 2.00. The minimum absolute atomic E-state index is 0.0438. The van der Waals surface area contributed by atoms with E-state index in [-0.39, 0.29) is 30.8 Å². The molecule has 0 aliphatic rings. The van der Waals surface area contributed by atoms with Crippen molar-refractivity contribution in [2.45, 2.75) is 26.3 Å². The molecule has 0 bridgehead atoms. The van der Waals surface area contributed by atoms with Crippen molar-refractivity contribution in [3.8, 4) is 17.1 Å². The van der Waals surface area contributed by atoms with E-state index in [4.69, 9.17) is 10.5 Å². The van der Waals surface area contributed by atoms with Crippen molar-refractivity contribution < 1.29 is 17.9 Å². The average molecular weight is 340 g/mol. The van der Waals surface area contributed by atoms with E-state index in [9.17, 15) is 13.2 Å². The standard InChI is InChI=1S/C16H19F3N4O/c1-10(2)23-16(14(18)19)21-15(22-23)12-3-5-13(6-4-12)24-9-11(7-17)8-20/h3-7,10,14H,8-9,20H2,1-2H3/b11-7+. The van der Waals surface area contributed by atoms with Gasteiger partial charge in [-0.25, -0.2) is 22.8 Å². The lowest BCUT2D eigenvalue weighted by atomic mass is 10.2. The highest BCUT2D eigenvalue weighted by molar-refractivity contribution is 5.56. The first kappa shape index (κ1) is 18.0. The number of benzene rings is 1. The predicted molar refractivity (Wildman–Crippen MR) is 84.5 cm³/mol. The number of rotatable bonds is 7. The van der Waals surface area contributed by atoms with Crippen LogP contribution in [0.2, 0.25) is 0 Å². The maximum Gasteiger partial charge on any atom is 0.297 e. The van der Waals surface area contributed by atoms with Crippen LogP contribution in [0.25, 0.3) is 11.4 Å². The molecule has 0 atom stereocenters. The zero-order valence-corrected chi connectivity index (χ0v) is 13.4. The van der Waals surface area contributed by atoms with Gasteiger partial charge >= 0.3 is 0 Å². The van der Waals surface area contributed by atoms with Gasteiger partial charge in [-0.2, -0.15) is 5.10 Å². The van der Waals surface area contributed by atoms with E-state index in [1.807, 2.05) is 0 Å². The first-order chi connectivity index (χ1) is 11.5. The molecule has 0 unspecified atom stereocenters. The minimum atomic E-state index is -2.70. The number of hydrogen-bond acceptors (Lipinski definition) is 4. The Labute approximate surface area is 137 Å². The molecule has 0 amide bonds. The van der Waals surface area contributed by atoms with E-state index in [0.717, 1.165) is 0 Å². The third-order valence-corrected chi connectivity index (χ3v) is 3.30. The zero-order valence-electron chi connectivity index (χ0n) is 13.4. The van der Waals surface area contributed by atoms with Gasteiger partial charge in [-0.1, -0.05) is 0 Å². The van der Waals surface area contributed by atoms with Crippen molar-refractivity contribution in [1.82, 2.24) is 14.8 Å². The first-order valence-electron chi connectivity index (χ1n) is 7.42. The fraction of sp³-hybridized carbons (Fsp3) is 0.375. The van der Waals surface area contributed by atoms with Crippen LogP contribution in [0.15, 0.2) is 36.2 Å². The van der Waals surface area contributed by atoms with Crippen LogP contribution >= 0.6 is 0 Å². The van der Waals surface area contributed by atoms with Crippen molar-refractivity contribution in [2.75, 3.05) is 13.2 Å². The summed E-state index contributed by atoms with van der Waals surface area (Å²) in [7, 11) is 0. The maximum atomic E-state index is 13.0. The van der Waals surface area contributed by atoms with Gasteiger partial charge in [0.05, 0.1) is 6.33 Å². The smallest absolute Gasteiger partial charge is 0.297 e. The molecule has 0 radical (unpaired) electrons. The molecule has 0 aliphatic heterocycles. The van der Waals surface area contributed by atoms with Gasteiger partial charge in [0.2, 0.25) is 0 Å². The Bertz CT molecular complexity index is 670. The quantitative estimate of drug-likeness (QED) is 0.835. The second-order valence-electron chi connectivity index (χ2n) is 5.42. The van der Waals surface area contributed by atoms with E-state index in [2.05, 4.69) is 10.1 Å². The van der Waals surface area contributed by atoms with Crippen LogP contribution < -0.4 is 10.5 Å². The number of aromatic nitrogens is 3. The number of ether oxygens (including phenoxy) is 1. The lowest BCUT2D eigenvalue weighted by Crippen LogP contribution is -2.10. The summed E-state index contributed by atoms with van der Waals surface area (Å²) in [5, 5.41) is 4.14. The molecule has 1 aromatic heterocycles. The Morgan fingerprint density at radius 2 is 1.96 bits per heavy atom. The SMILES string of the molecule is CC(C)n1nc(-c2ccc(OC/C(=C/F)CN)cc2)nc1C(F)F. The molecule has 5 nitrogen and oxygen atoms in total. The summed E-state index contributed by atoms with van der Waals surface area (Å²) in [6.07, 6.45) is -2.28. The van der Waals surface area contributed by atoms with Gasteiger partial charge in [0.15, 0.2) is 11.6 Å². The summed E-state index contributed by atoms with van der Waals surface area (Å²) in [4.78, 5) is 3.92. The van der Waals surface area contributed by atoms with Crippen LogP contribution in [-0.2, 0) is 0 Å². The first-order valence-corrected chi connectivity index (χ1v) is 7.42. The summed E-state index contributed by atoms with van der Waals surface area (Å²) in [6.45, 7) is 3.63. The highest BCUT2D eigenvalue weighted by Crippen LogP contribution is 2.25. The molecular formula is C16H19F3N4O. The summed E-state index contributed by atoms with van der Waals surface area (Å²) in [5.41, 5.74) is 6.26. The molecule has 0 saturated carbocycles. The number of nitrogens with two attached hydrogens (primary N) is 1. The third kappa shape index (κ3) is 4.14. The van der Waals surface area contributed by atoms with Crippen LogP contribution in [0.3, 0.4) is 0 Å². The molecule has 1 aromatic carbocycles. The van der Waals surface area contributed by atoms with Crippen molar-refractivity contribution >= 4 is 0 Å². The Balaban J connectivity index is 2.17. The lowest BCUT2D eigenvalue weighted by molar-refractivity contribution is 0.131. The van der Waals surface area contributed by atoms with E-state index in [1.165, 1.54) is 4.68 Å². The molecule has 8 heteroatoms. The van der Waals surface area contributed by atoms with E-state index >= 15 is 0 Å². The Kier molecular flexibility index (Phi) is 5.97. The third-order valence-electron chi connectivity index (χ3n) is 3.30. The van der Waals surface area contributed by atoms with Crippen LogP contribution in [0.1, 0.15) is 32.1 Å². The van der Waals surface area contributed by atoms with Gasteiger partial charge in [0, 0.05) is 23.7 Å². The summed E-state index contributed by atoms with van der Waals surface area (Å²) in [6, 6.07) is 6.37. The summed E-state index contributed by atoms with van der Waals surface area (Å²) in [5.74, 6) is 0.363. The van der Waals surface area contributed by atoms with Crippen molar-refractivity contribution in [3.63, 3.8) is 0 Å². The normalized spacial score (nSPS) is 12.2. The Morgan fingerprint density at radius 3 is 2.42 bits per heavy atom. The van der Waals surface area contributed by atoms with Crippen molar-refractivity contribution in [2.24, 2.45) is 5.73 Å². The Morgan fingerprint density at radius 1 is 1.29 bits per heavy atom. The molecule has 0 spiro atoms. The highest BCUT2D eigenvalue weighted by Gasteiger charge is 2.21. The molecule has 2 N–H and O–H groups in total. The van der Waals surface area contributed by atoms with Crippen LogP contribution in [0.4, 0.5) is 13.2 Å². The topological polar surface area (TPSA) is 66.0 Å². The zero-order chi connectivity index (χ0) is 17.7. The predicted octanol–water partition coefficient (Wildman–Crippen LogP) is 3.65. The Hall–Kier alpha value is -2.35. The molecule has 24 heavy (non-hydrogen) atoms. The van der Waals surface area contributed by atoms with Crippen LogP contribution in [-0.4, -0.2) is 27.9 Å². The van der Waals surface area contributed by atoms with Crippen LogP contribution in [0, 0.1) is 0 Å². The lowest BCUT2D eigenvalue weighted by Gasteiger charge is -2.08. The largest absolute Gasteiger partial charge is 0.489 e. The van der Waals surface area contributed by atoms with Gasteiger partial charge in [-0.3, -0.25) is 0 Å². The van der Waals surface area contributed by atoms with Gasteiger partial charge in [-0.05, 0) is 38.1 Å². The van der Waals surface area contributed by atoms with Gasteiger partial charge in [0.1, 0.15) is 12.4 Å². The monoisotopic (exact) mass is 340 g/mol. The summed E-state index contributed by atoms with van der Waals surface area (Å²) < 4.78 is 45.1.